The molecule has 1 amide bonds. The third-order valence-electron chi connectivity index (χ3n) is 5.16. The van der Waals surface area contributed by atoms with Crippen LogP contribution in [-0.2, 0) is 17.8 Å². The van der Waals surface area contributed by atoms with E-state index in [0.29, 0.717) is 42.4 Å². The zero-order valence-electron chi connectivity index (χ0n) is 18.2. The molecule has 0 saturated heterocycles. The minimum Gasteiger partial charge on any atom is -0.493 e. The van der Waals surface area contributed by atoms with Gasteiger partial charge in [-0.15, -0.1) is 0 Å². The van der Waals surface area contributed by atoms with Gasteiger partial charge in [0.25, 0.3) is 5.78 Å². The lowest BCUT2D eigenvalue weighted by Crippen LogP contribution is -2.14. The van der Waals surface area contributed by atoms with Crippen molar-refractivity contribution in [1.29, 1.82) is 0 Å². The Bertz CT molecular complexity index is 1240. The second-order valence-electron chi connectivity index (χ2n) is 7.30. The number of carbonyl (C=O) groups excluding carboxylic acids is 1. The van der Waals surface area contributed by atoms with Crippen LogP contribution < -0.4 is 14.8 Å². The summed E-state index contributed by atoms with van der Waals surface area (Å²) in [7, 11) is 1.58. The highest BCUT2D eigenvalue weighted by atomic mass is 16.5. The number of nitrogens with zero attached hydrogens (tertiary/aromatic N) is 5. The third kappa shape index (κ3) is 4.66. The van der Waals surface area contributed by atoms with Crippen molar-refractivity contribution in [2.75, 3.05) is 12.4 Å². The van der Waals surface area contributed by atoms with Crippen molar-refractivity contribution in [1.82, 2.24) is 24.6 Å². The molecule has 4 aromatic rings. The first kappa shape index (κ1) is 21.2. The number of aryl methyl sites for hydroxylation is 2. The largest absolute Gasteiger partial charge is 0.493 e. The molecule has 0 fully saturated rings. The van der Waals surface area contributed by atoms with Crippen LogP contribution in [0.1, 0.15) is 28.9 Å². The standard InChI is InChI=1S/C23H24N6O3/c1-15-19(16(2)29-23(27-15)25-14-26-29)7-9-22(30)28-18-6-8-20(31-3)21(11-18)32-13-17-5-4-10-24-12-17/h4-6,8,10-12,14H,7,9,13H2,1-3H3,(H,28,30). The number of fused-ring (bicyclic) bond motifs is 1. The molecule has 0 spiro atoms. The van der Waals surface area contributed by atoms with Crippen molar-refractivity contribution in [3.05, 3.63) is 71.6 Å². The highest BCUT2D eigenvalue weighted by Crippen LogP contribution is 2.31. The second-order valence-corrected chi connectivity index (χ2v) is 7.30. The van der Waals surface area contributed by atoms with Gasteiger partial charge in [-0.1, -0.05) is 6.07 Å². The number of ether oxygens (including phenoxy) is 2. The van der Waals surface area contributed by atoms with Crippen LogP contribution in [0.2, 0.25) is 0 Å². The molecule has 3 aromatic heterocycles. The van der Waals surface area contributed by atoms with Gasteiger partial charge in [-0.3, -0.25) is 9.78 Å². The Hall–Kier alpha value is -4.01. The lowest BCUT2D eigenvalue weighted by atomic mass is 10.1. The molecule has 0 radical (unpaired) electrons. The van der Waals surface area contributed by atoms with E-state index < -0.39 is 0 Å². The minimum atomic E-state index is -0.106. The second kappa shape index (κ2) is 9.42. The van der Waals surface area contributed by atoms with Crippen LogP contribution in [0.4, 0.5) is 5.69 Å². The monoisotopic (exact) mass is 432 g/mol. The maximum atomic E-state index is 12.6. The van der Waals surface area contributed by atoms with Gasteiger partial charge in [-0.05, 0) is 44.0 Å². The summed E-state index contributed by atoms with van der Waals surface area (Å²) in [5.41, 5.74) is 4.36. The first-order valence-electron chi connectivity index (χ1n) is 10.2. The lowest BCUT2D eigenvalue weighted by Gasteiger charge is -2.13. The zero-order chi connectivity index (χ0) is 22.5. The van der Waals surface area contributed by atoms with Crippen LogP contribution in [0.3, 0.4) is 0 Å². The van der Waals surface area contributed by atoms with Crippen LogP contribution in [-0.4, -0.2) is 37.6 Å². The van der Waals surface area contributed by atoms with Gasteiger partial charge in [0.2, 0.25) is 5.91 Å². The van der Waals surface area contributed by atoms with E-state index in [4.69, 9.17) is 9.47 Å². The van der Waals surface area contributed by atoms with Crippen molar-refractivity contribution in [2.45, 2.75) is 33.3 Å². The fourth-order valence-electron chi connectivity index (χ4n) is 3.49. The molecule has 0 unspecified atom stereocenters. The Kier molecular flexibility index (Phi) is 6.25. The summed E-state index contributed by atoms with van der Waals surface area (Å²) in [6.07, 6.45) is 5.79. The van der Waals surface area contributed by atoms with Gasteiger partial charge >= 0.3 is 0 Å². The Morgan fingerprint density at radius 2 is 2.06 bits per heavy atom. The van der Waals surface area contributed by atoms with Gasteiger partial charge in [0, 0.05) is 47.5 Å². The molecule has 1 aromatic carbocycles. The van der Waals surface area contributed by atoms with E-state index in [1.165, 1.54) is 6.33 Å². The van der Waals surface area contributed by atoms with Crippen molar-refractivity contribution < 1.29 is 14.3 Å². The molecule has 3 heterocycles. The van der Waals surface area contributed by atoms with Crippen LogP contribution in [0.15, 0.2) is 49.1 Å². The first-order chi connectivity index (χ1) is 15.5. The molecule has 0 aliphatic carbocycles. The molecule has 0 saturated carbocycles. The van der Waals surface area contributed by atoms with Crippen LogP contribution in [0.25, 0.3) is 5.78 Å². The lowest BCUT2D eigenvalue weighted by molar-refractivity contribution is -0.116. The minimum absolute atomic E-state index is 0.106. The summed E-state index contributed by atoms with van der Waals surface area (Å²) >= 11 is 0. The number of carbonyl (C=O) groups is 1. The Balaban J connectivity index is 1.42. The van der Waals surface area contributed by atoms with E-state index in [1.54, 1.807) is 42.2 Å². The normalized spacial score (nSPS) is 10.8. The Morgan fingerprint density at radius 1 is 1.19 bits per heavy atom. The number of hydrogen-bond acceptors (Lipinski definition) is 7. The van der Waals surface area contributed by atoms with Gasteiger partial charge in [-0.2, -0.15) is 10.1 Å². The number of anilines is 1. The van der Waals surface area contributed by atoms with Crippen molar-refractivity contribution in [3.63, 3.8) is 0 Å². The van der Waals surface area contributed by atoms with E-state index in [1.807, 2.05) is 26.0 Å². The molecule has 1 N–H and O–H groups in total. The van der Waals surface area contributed by atoms with Crippen molar-refractivity contribution >= 4 is 17.4 Å². The quantitative estimate of drug-likeness (QED) is 0.456. The molecule has 9 heteroatoms. The van der Waals surface area contributed by atoms with Gasteiger partial charge in [0.1, 0.15) is 12.9 Å². The fourth-order valence-corrected chi connectivity index (χ4v) is 3.49. The summed E-state index contributed by atoms with van der Waals surface area (Å²) < 4.78 is 13.0. The third-order valence-corrected chi connectivity index (χ3v) is 5.16. The number of nitrogens with one attached hydrogen (secondary N) is 1. The van der Waals surface area contributed by atoms with Crippen molar-refractivity contribution in [2.24, 2.45) is 0 Å². The summed E-state index contributed by atoms with van der Waals surface area (Å²) in [4.78, 5) is 25.3. The number of amides is 1. The number of methoxy groups -OCH3 is 1. The first-order valence-corrected chi connectivity index (χ1v) is 10.2. The highest BCUT2D eigenvalue weighted by molar-refractivity contribution is 5.91. The molecular formula is C23H24N6O3. The molecule has 0 atom stereocenters. The van der Waals surface area contributed by atoms with E-state index in [-0.39, 0.29) is 5.91 Å². The van der Waals surface area contributed by atoms with E-state index in [9.17, 15) is 4.79 Å². The van der Waals surface area contributed by atoms with Crippen LogP contribution >= 0.6 is 0 Å². The van der Waals surface area contributed by atoms with Crippen molar-refractivity contribution in [3.8, 4) is 11.5 Å². The number of rotatable bonds is 8. The average molecular weight is 432 g/mol. The van der Waals surface area contributed by atoms with Gasteiger partial charge in [-0.25, -0.2) is 9.50 Å². The summed E-state index contributed by atoms with van der Waals surface area (Å²) in [6, 6.07) is 9.09. The molecule has 32 heavy (non-hydrogen) atoms. The maximum Gasteiger partial charge on any atom is 0.252 e. The average Bonchev–Trinajstić information content (AvgIpc) is 3.27. The molecule has 0 bridgehead atoms. The van der Waals surface area contributed by atoms with E-state index in [0.717, 1.165) is 22.5 Å². The summed E-state index contributed by atoms with van der Waals surface area (Å²) in [5, 5.41) is 7.12. The number of aromatic nitrogens is 5. The molecule has 0 aliphatic heterocycles. The maximum absolute atomic E-state index is 12.6. The van der Waals surface area contributed by atoms with E-state index in [2.05, 4.69) is 25.4 Å². The van der Waals surface area contributed by atoms with Crippen LogP contribution in [0.5, 0.6) is 11.5 Å². The van der Waals surface area contributed by atoms with Gasteiger partial charge in [0.05, 0.1) is 7.11 Å². The topological polar surface area (TPSA) is 104 Å². The smallest absolute Gasteiger partial charge is 0.252 e. The zero-order valence-corrected chi connectivity index (χ0v) is 18.2. The molecule has 0 aliphatic rings. The molecule has 164 valence electrons. The SMILES string of the molecule is COc1ccc(NC(=O)CCc2c(C)nc3ncnn3c2C)cc1OCc1cccnc1. The Morgan fingerprint density at radius 3 is 2.84 bits per heavy atom. The van der Waals surface area contributed by atoms with Gasteiger partial charge in [0.15, 0.2) is 11.5 Å². The number of pyridine rings is 1. The fraction of sp³-hybridized carbons (Fsp3) is 0.261. The summed E-state index contributed by atoms with van der Waals surface area (Å²) in [5.74, 6) is 1.59. The Labute approximate surface area is 185 Å². The van der Waals surface area contributed by atoms with E-state index >= 15 is 0 Å². The van der Waals surface area contributed by atoms with Crippen LogP contribution in [0, 0.1) is 13.8 Å². The number of benzene rings is 1. The molecule has 4 rings (SSSR count). The highest BCUT2D eigenvalue weighted by Gasteiger charge is 2.14. The summed E-state index contributed by atoms with van der Waals surface area (Å²) in [6.45, 7) is 4.22. The predicted molar refractivity (Wildman–Crippen MR) is 119 cm³/mol. The predicted octanol–water partition coefficient (Wildman–Crippen LogP) is 3.30. The molecular weight excluding hydrogens is 408 g/mol. The number of hydrogen-bond donors (Lipinski definition) is 1. The molecule has 9 nitrogen and oxygen atoms in total. The van der Waals surface area contributed by atoms with Gasteiger partial charge < -0.3 is 14.8 Å².